The van der Waals surface area contributed by atoms with Gasteiger partial charge in [-0.2, -0.15) is 0 Å². The topological polar surface area (TPSA) is 9.23 Å². The maximum atomic E-state index is 14.6. The Morgan fingerprint density at radius 3 is 2.21 bits per heavy atom. The smallest absolute Gasteiger partial charge is 0.399 e. The Labute approximate surface area is 158 Å². The average Bonchev–Trinajstić information content (AvgIpc) is 2.61. The summed E-state index contributed by atoms with van der Waals surface area (Å²) in [7, 11) is 0. The molecule has 0 aromatic heterocycles. The van der Waals surface area contributed by atoms with Crippen molar-refractivity contribution in [3.05, 3.63) is 58.4 Å². The van der Waals surface area contributed by atoms with Gasteiger partial charge in [0.15, 0.2) is 11.6 Å². The highest BCUT2D eigenvalue weighted by molar-refractivity contribution is 5.71. The molecular formula is C21H18F6O. The molecule has 0 atom stereocenters. The van der Waals surface area contributed by atoms with Crippen LogP contribution >= 0.6 is 0 Å². The summed E-state index contributed by atoms with van der Waals surface area (Å²) in [6.07, 6.45) is 1.23. The number of hydrogen-bond donors (Lipinski definition) is 0. The van der Waals surface area contributed by atoms with E-state index in [1.54, 1.807) is 0 Å². The van der Waals surface area contributed by atoms with Crippen molar-refractivity contribution < 1.29 is 31.1 Å². The van der Waals surface area contributed by atoms with Crippen LogP contribution < -0.4 is 4.74 Å². The van der Waals surface area contributed by atoms with Gasteiger partial charge in [0.25, 0.3) is 0 Å². The summed E-state index contributed by atoms with van der Waals surface area (Å²) in [4.78, 5) is 0. The molecular weight excluding hydrogens is 382 g/mol. The number of halogens is 6. The van der Waals surface area contributed by atoms with Gasteiger partial charge in [0, 0.05) is 5.56 Å². The van der Waals surface area contributed by atoms with Crippen molar-refractivity contribution in [3.8, 4) is 16.9 Å². The van der Waals surface area contributed by atoms with E-state index in [0.29, 0.717) is 18.6 Å². The number of unbranched alkanes of at least 4 members (excludes halogenated alkanes) is 1. The third-order valence-corrected chi connectivity index (χ3v) is 4.68. The zero-order valence-electron chi connectivity index (χ0n) is 15.1. The summed E-state index contributed by atoms with van der Waals surface area (Å²) in [5.41, 5.74) is 2.52. The number of benzene rings is 2. The van der Waals surface area contributed by atoms with Crippen LogP contribution in [0.3, 0.4) is 0 Å². The lowest BCUT2D eigenvalue weighted by atomic mass is 9.87. The van der Waals surface area contributed by atoms with Crippen molar-refractivity contribution >= 4 is 6.08 Å². The van der Waals surface area contributed by atoms with Crippen molar-refractivity contribution in [2.45, 2.75) is 45.4 Å². The summed E-state index contributed by atoms with van der Waals surface area (Å²) < 4.78 is 82.7. The van der Waals surface area contributed by atoms with E-state index >= 15 is 0 Å². The fourth-order valence-electron chi connectivity index (χ4n) is 3.32. The van der Waals surface area contributed by atoms with E-state index in [4.69, 9.17) is 0 Å². The van der Waals surface area contributed by atoms with Crippen LogP contribution in [0.4, 0.5) is 26.3 Å². The monoisotopic (exact) mass is 400 g/mol. The van der Waals surface area contributed by atoms with Gasteiger partial charge in [-0.15, -0.1) is 13.2 Å². The first-order valence-electron chi connectivity index (χ1n) is 8.95. The summed E-state index contributed by atoms with van der Waals surface area (Å²) in [5, 5.41) is 0. The third kappa shape index (κ3) is 4.51. The zero-order valence-corrected chi connectivity index (χ0v) is 15.1. The molecule has 1 nitrogen and oxygen atoms in total. The number of rotatable bonds is 5. The average molecular weight is 400 g/mol. The molecule has 2 aromatic carbocycles. The molecule has 1 aliphatic carbocycles. The second kappa shape index (κ2) is 7.89. The van der Waals surface area contributed by atoms with Crippen LogP contribution in [0.1, 0.15) is 43.7 Å². The fourth-order valence-corrected chi connectivity index (χ4v) is 3.32. The minimum absolute atomic E-state index is 0.0690. The van der Waals surface area contributed by atoms with E-state index < -0.39 is 29.6 Å². The molecule has 0 heterocycles. The molecule has 7 heteroatoms. The maximum absolute atomic E-state index is 14.6. The van der Waals surface area contributed by atoms with E-state index in [9.17, 15) is 26.3 Å². The Morgan fingerprint density at radius 1 is 0.929 bits per heavy atom. The quantitative estimate of drug-likeness (QED) is 0.483. The molecule has 0 amide bonds. The molecule has 1 aliphatic rings. The normalized spacial score (nSPS) is 13.9. The molecule has 3 rings (SSSR count). The molecule has 0 spiro atoms. The molecule has 0 N–H and O–H groups in total. The fraction of sp³-hybridized carbons (Fsp3) is 0.333. The first kappa shape index (κ1) is 20.3. The molecule has 2 aromatic rings. The van der Waals surface area contributed by atoms with Crippen LogP contribution in [0.2, 0.25) is 0 Å². The van der Waals surface area contributed by atoms with Gasteiger partial charge in [-0.05, 0) is 66.6 Å². The van der Waals surface area contributed by atoms with Gasteiger partial charge < -0.3 is 4.74 Å². The second-order valence-corrected chi connectivity index (χ2v) is 6.75. The van der Waals surface area contributed by atoms with Gasteiger partial charge in [-0.1, -0.05) is 25.0 Å². The van der Waals surface area contributed by atoms with Gasteiger partial charge in [0.1, 0.15) is 5.82 Å². The van der Waals surface area contributed by atoms with E-state index in [2.05, 4.69) is 11.7 Å². The van der Waals surface area contributed by atoms with Gasteiger partial charge in [0.05, 0.1) is 0 Å². The lowest BCUT2D eigenvalue weighted by molar-refractivity contribution is -0.276. The highest BCUT2D eigenvalue weighted by Crippen LogP contribution is 2.36. The lowest BCUT2D eigenvalue weighted by Crippen LogP contribution is -2.19. The van der Waals surface area contributed by atoms with E-state index in [-0.39, 0.29) is 11.1 Å². The Bertz CT molecular complexity index is 891. The Balaban J connectivity index is 1.96. The molecule has 0 bridgehead atoms. The minimum atomic E-state index is -5.23. The highest BCUT2D eigenvalue weighted by Gasteiger charge is 2.34. The maximum Gasteiger partial charge on any atom is 0.573 e. The van der Waals surface area contributed by atoms with Crippen LogP contribution in [0.15, 0.2) is 29.8 Å². The van der Waals surface area contributed by atoms with Crippen molar-refractivity contribution in [1.29, 1.82) is 0 Å². The number of allylic oxidation sites excluding steroid dienone is 1. The predicted octanol–water partition coefficient (Wildman–Crippen LogP) is 7.19. The first-order chi connectivity index (χ1) is 13.2. The van der Waals surface area contributed by atoms with Crippen LogP contribution in [0.25, 0.3) is 17.2 Å². The van der Waals surface area contributed by atoms with E-state index in [1.165, 1.54) is 17.7 Å². The first-order valence-corrected chi connectivity index (χ1v) is 8.95. The van der Waals surface area contributed by atoms with Crippen molar-refractivity contribution in [2.24, 2.45) is 0 Å². The van der Waals surface area contributed by atoms with Crippen LogP contribution in [-0.4, -0.2) is 6.36 Å². The standard InChI is InChI=1S/C21H18F6O/c1-2-3-4-12-5-6-13-8-16(17(22)9-14(13)7-12)15-10-18(23)20(19(24)11-15)28-21(25,26)27/h7-11H,2-6H2,1H3. The number of alkyl halides is 3. The number of ether oxygens (including phenoxy) is 1. The second-order valence-electron chi connectivity index (χ2n) is 6.75. The molecule has 0 saturated heterocycles. The molecule has 0 radical (unpaired) electrons. The number of hydrogen-bond acceptors (Lipinski definition) is 1. The van der Waals surface area contributed by atoms with Crippen molar-refractivity contribution in [2.75, 3.05) is 0 Å². The Hall–Kier alpha value is -2.44. The summed E-state index contributed by atoms with van der Waals surface area (Å²) in [6, 6.07) is 4.07. The van der Waals surface area contributed by atoms with Crippen LogP contribution in [0.5, 0.6) is 5.75 Å². The Morgan fingerprint density at radius 2 is 1.61 bits per heavy atom. The molecule has 0 unspecified atom stereocenters. The minimum Gasteiger partial charge on any atom is -0.399 e. The summed E-state index contributed by atoms with van der Waals surface area (Å²) in [5.74, 6) is -5.36. The van der Waals surface area contributed by atoms with Crippen LogP contribution in [-0.2, 0) is 6.42 Å². The van der Waals surface area contributed by atoms with Crippen molar-refractivity contribution in [1.82, 2.24) is 0 Å². The van der Waals surface area contributed by atoms with Gasteiger partial charge >= 0.3 is 6.36 Å². The molecule has 0 saturated carbocycles. The van der Waals surface area contributed by atoms with Gasteiger partial charge in [-0.25, -0.2) is 13.2 Å². The predicted molar refractivity (Wildman–Crippen MR) is 94.3 cm³/mol. The number of aryl methyl sites for hydroxylation is 1. The van der Waals surface area contributed by atoms with Crippen molar-refractivity contribution in [3.63, 3.8) is 0 Å². The van der Waals surface area contributed by atoms with E-state index in [0.717, 1.165) is 36.8 Å². The SMILES string of the molecule is CCCCC1=Cc2cc(F)c(-c3cc(F)c(OC(F)(F)F)c(F)c3)cc2CC1. The largest absolute Gasteiger partial charge is 0.573 e. The molecule has 0 aliphatic heterocycles. The highest BCUT2D eigenvalue weighted by atomic mass is 19.4. The molecule has 0 fully saturated rings. The number of fused-ring (bicyclic) bond motifs is 1. The van der Waals surface area contributed by atoms with Crippen LogP contribution in [0, 0.1) is 17.5 Å². The van der Waals surface area contributed by atoms with Gasteiger partial charge in [-0.3, -0.25) is 0 Å². The van der Waals surface area contributed by atoms with E-state index in [1.807, 2.05) is 6.08 Å². The molecule has 28 heavy (non-hydrogen) atoms. The zero-order chi connectivity index (χ0) is 20.5. The summed E-state index contributed by atoms with van der Waals surface area (Å²) in [6.45, 7) is 2.09. The summed E-state index contributed by atoms with van der Waals surface area (Å²) >= 11 is 0. The third-order valence-electron chi connectivity index (χ3n) is 4.68. The Kier molecular flexibility index (Phi) is 5.72. The molecule has 150 valence electrons. The van der Waals surface area contributed by atoms with Gasteiger partial charge in [0.2, 0.25) is 5.75 Å². The lowest BCUT2D eigenvalue weighted by Gasteiger charge is -2.18.